The largest absolute Gasteiger partial charge is 0.491 e. The molecule has 4 heteroatoms. The summed E-state index contributed by atoms with van der Waals surface area (Å²) in [6, 6.07) is 5.89. The van der Waals surface area contributed by atoms with E-state index in [1.54, 1.807) is 0 Å². The second-order valence-corrected chi connectivity index (χ2v) is 4.09. The van der Waals surface area contributed by atoms with Crippen molar-refractivity contribution in [3.63, 3.8) is 0 Å². The molecule has 0 spiro atoms. The minimum absolute atomic E-state index is 0.0811. The molecule has 1 aliphatic rings. The maximum Gasteiger partial charge on any atom is 0.128 e. The highest BCUT2D eigenvalue weighted by Gasteiger charge is 2.14. The van der Waals surface area contributed by atoms with E-state index in [9.17, 15) is 4.39 Å². The van der Waals surface area contributed by atoms with Crippen molar-refractivity contribution in [2.45, 2.75) is 25.4 Å². The van der Waals surface area contributed by atoms with E-state index in [1.807, 2.05) is 6.07 Å². The highest BCUT2D eigenvalue weighted by atomic mass is 19.1. The Kier molecular flexibility index (Phi) is 3.94. The van der Waals surface area contributed by atoms with E-state index in [4.69, 9.17) is 14.7 Å². The van der Waals surface area contributed by atoms with Gasteiger partial charge in [0.1, 0.15) is 18.2 Å². The van der Waals surface area contributed by atoms with Crippen molar-refractivity contribution in [3.05, 3.63) is 29.6 Å². The predicted molar refractivity (Wildman–Crippen MR) is 60.2 cm³/mol. The molecule has 1 heterocycles. The van der Waals surface area contributed by atoms with Crippen molar-refractivity contribution < 1.29 is 13.9 Å². The molecule has 1 aromatic carbocycles. The van der Waals surface area contributed by atoms with Gasteiger partial charge in [-0.1, -0.05) is 0 Å². The lowest BCUT2D eigenvalue weighted by atomic mass is 10.1. The van der Waals surface area contributed by atoms with Crippen molar-refractivity contribution in [2.75, 3.05) is 13.2 Å². The summed E-state index contributed by atoms with van der Waals surface area (Å²) in [6.07, 6.45) is 3.29. The van der Waals surface area contributed by atoms with Gasteiger partial charge in [-0.3, -0.25) is 0 Å². The van der Waals surface area contributed by atoms with Crippen molar-refractivity contribution in [2.24, 2.45) is 0 Å². The average molecular weight is 235 g/mol. The third-order valence-corrected chi connectivity index (χ3v) is 2.71. The normalized spacial score (nSPS) is 19.6. The Morgan fingerprint density at radius 3 is 3.00 bits per heavy atom. The van der Waals surface area contributed by atoms with Gasteiger partial charge in [0.2, 0.25) is 0 Å². The standard InChI is InChI=1S/C13H14FNO2/c14-11-5-10(8-15)6-13(7-11)17-9-12-3-1-2-4-16-12/h5-7,12H,1-4,9H2. The van der Waals surface area contributed by atoms with Crippen LogP contribution in [0.1, 0.15) is 24.8 Å². The summed E-state index contributed by atoms with van der Waals surface area (Å²) in [5.74, 6) is -0.0701. The minimum Gasteiger partial charge on any atom is -0.491 e. The van der Waals surface area contributed by atoms with Gasteiger partial charge in [-0.25, -0.2) is 4.39 Å². The number of hydrogen-bond donors (Lipinski definition) is 0. The Morgan fingerprint density at radius 2 is 2.29 bits per heavy atom. The summed E-state index contributed by atoms with van der Waals surface area (Å²) in [4.78, 5) is 0. The molecule has 90 valence electrons. The van der Waals surface area contributed by atoms with Crippen LogP contribution >= 0.6 is 0 Å². The fraction of sp³-hybridized carbons (Fsp3) is 0.462. The Bertz CT molecular complexity index is 422. The molecule has 0 amide bonds. The zero-order chi connectivity index (χ0) is 12.1. The van der Waals surface area contributed by atoms with Gasteiger partial charge in [-0.15, -0.1) is 0 Å². The zero-order valence-electron chi connectivity index (χ0n) is 9.49. The molecule has 0 aliphatic carbocycles. The number of rotatable bonds is 3. The van der Waals surface area contributed by atoms with Crippen LogP contribution in [0.2, 0.25) is 0 Å². The molecule has 0 aromatic heterocycles. The molecule has 0 saturated carbocycles. The number of nitrogens with zero attached hydrogens (tertiary/aromatic N) is 1. The fourth-order valence-corrected chi connectivity index (χ4v) is 1.84. The molecule has 2 rings (SSSR count). The van der Waals surface area contributed by atoms with Gasteiger partial charge in [0, 0.05) is 12.7 Å². The van der Waals surface area contributed by atoms with E-state index in [0.717, 1.165) is 25.9 Å². The highest BCUT2D eigenvalue weighted by molar-refractivity contribution is 5.37. The molecule has 1 atom stereocenters. The van der Waals surface area contributed by atoms with Gasteiger partial charge >= 0.3 is 0 Å². The smallest absolute Gasteiger partial charge is 0.128 e. The Morgan fingerprint density at radius 1 is 1.41 bits per heavy atom. The van der Waals surface area contributed by atoms with E-state index >= 15 is 0 Å². The van der Waals surface area contributed by atoms with Crippen molar-refractivity contribution in [3.8, 4) is 11.8 Å². The van der Waals surface area contributed by atoms with Gasteiger partial charge in [-0.2, -0.15) is 5.26 Å². The van der Waals surface area contributed by atoms with Crippen molar-refractivity contribution in [1.29, 1.82) is 5.26 Å². The summed E-state index contributed by atoms with van der Waals surface area (Å²) in [6.45, 7) is 1.18. The monoisotopic (exact) mass is 235 g/mol. The van der Waals surface area contributed by atoms with Crippen molar-refractivity contribution in [1.82, 2.24) is 0 Å². The summed E-state index contributed by atoms with van der Waals surface area (Å²) >= 11 is 0. The third kappa shape index (κ3) is 3.43. The van der Waals surface area contributed by atoms with Crippen LogP contribution in [-0.4, -0.2) is 19.3 Å². The molecule has 1 saturated heterocycles. The van der Waals surface area contributed by atoms with Gasteiger partial charge in [-0.05, 0) is 31.4 Å². The van der Waals surface area contributed by atoms with E-state index < -0.39 is 5.82 Å². The molecular weight excluding hydrogens is 221 g/mol. The minimum atomic E-state index is -0.455. The van der Waals surface area contributed by atoms with Gasteiger partial charge < -0.3 is 9.47 Å². The fourth-order valence-electron chi connectivity index (χ4n) is 1.84. The lowest BCUT2D eigenvalue weighted by Gasteiger charge is -2.22. The molecule has 3 nitrogen and oxygen atoms in total. The molecule has 1 aliphatic heterocycles. The third-order valence-electron chi connectivity index (χ3n) is 2.71. The predicted octanol–water partition coefficient (Wildman–Crippen LogP) is 2.65. The van der Waals surface area contributed by atoms with Crippen LogP contribution in [0.4, 0.5) is 4.39 Å². The molecule has 17 heavy (non-hydrogen) atoms. The summed E-state index contributed by atoms with van der Waals surface area (Å²) in [7, 11) is 0. The van der Waals surface area contributed by atoms with Crippen LogP contribution < -0.4 is 4.74 Å². The van der Waals surface area contributed by atoms with Crippen LogP contribution in [0.3, 0.4) is 0 Å². The maximum absolute atomic E-state index is 13.1. The molecule has 1 unspecified atom stereocenters. The summed E-state index contributed by atoms with van der Waals surface area (Å²) in [5, 5.41) is 8.71. The van der Waals surface area contributed by atoms with E-state index in [0.29, 0.717) is 12.4 Å². The second-order valence-electron chi connectivity index (χ2n) is 4.09. The lowest BCUT2D eigenvalue weighted by Crippen LogP contribution is -2.25. The molecular formula is C13H14FNO2. The molecule has 1 aromatic rings. The number of ether oxygens (including phenoxy) is 2. The van der Waals surface area contributed by atoms with Crippen molar-refractivity contribution >= 4 is 0 Å². The average Bonchev–Trinajstić information content (AvgIpc) is 2.37. The highest BCUT2D eigenvalue weighted by Crippen LogP contribution is 2.18. The van der Waals surface area contributed by atoms with E-state index in [2.05, 4.69) is 0 Å². The second kappa shape index (κ2) is 5.65. The SMILES string of the molecule is N#Cc1cc(F)cc(OCC2CCCCO2)c1. The first-order chi connectivity index (χ1) is 8.28. The lowest BCUT2D eigenvalue weighted by molar-refractivity contribution is -0.0111. The molecule has 1 fully saturated rings. The van der Waals surface area contributed by atoms with Crippen LogP contribution in [0.5, 0.6) is 5.75 Å². The first-order valence-electron chi connectivity index (χ1n) is 5.73. The maximum atomic E-state index is 13.1. The van der Waals surface area contributed by atoms with Gasteiger partial charge in [0.15, 0.2) is 0 Å². The number of hydrogen-bond acceptors (Lipinski definition) is 3. The van der Waals surface area contributed by atoms with Crippen LogP contribution in [0.25, 0.3) is 0 Å². The molecule has 0 bridgehead atoms. The molecule has 0 N–H and O–H groups in total. The number of halogens is 1. The van der Waals surface area contributed by atoms with Crippen LogP contribution in [0, 0.1) is 17.1 Å². The summed E-state index contributed by atoms with van der Waals surface area (Å²) < 4.78 is 24.1. The Hall–Kier alpha value is -1.60. The van der Waals surface area contributed by atoms with Crippen LogP contribution in [-0.2, 0) is 4.74 Å². The van der Waals surface area contributed by atoms with Gasteiger partial charge in [0.05, 0.1) is 17.7 Å². The summed E-state index contributed by atoms with van der Waals surface area (Å²) in [5.41, 5.74) is 0.268. The first kappa shape index (κ1) is 11.9. The van der Waals surface area contributed by atoms with Crippen LogP contribution in [0.15, 0.2) is 18.2 Å². The number of nitriles is 1. The zero-order valence-corrected chi connectivity index (χ0v) is 9.49. The van der Waals surface area contributed by atoms with Gasteiger partial charge in [0.25, 0.3) is 0 Å². The molecule has 0 radical (unpaired) electrons. The topological polar surface area (TPSA) is 42.2 Å². The van der Waals surface area contributed by atoms with E-state index in [1.165, 1.54) is 18.2 Å². The Labute approximate surface area is 99.8 Å². The quantitative estimate of drug-likeness (QED) is 0.808. The number of benzene rings is 1. The van der Waals surface area contributed by atoms with E-state index in [-0.39, 0.29) is 11.7 Å². The first-order valence-corrected chi connectivity index (χ1v) is 5.73. The Balaban J connectivity index is 1.94.